The van der Waals surface area contributed by atoms with Crippen LogP contribution in [0.25, 0.3) is 141 Å². The van der Waals surface area contributed by atoms with E-state index >= 15 is 0 Å². The highest BCUT2D eigenvalue weighted by Crippen LogP contribution is 2.60. The maximum absolute atomic E-state index is 2.50. The van der Waals surface area contributed by atoms with Crippen molar-refractivity contribution in [3.05, 3.63) is 156 Å². The molecule has 0 fully saturated rings. The summed E-state index contributed by atoms with van der Waals surface area (Å²) in [5.41, 5.74) is 14.2. The predicted octanol–water partition coefficient (Wildman–Crippen LogP) is 19.7. The highest BCUT2D eigenvalue weighted by Gasteiger charge is 2.34. The third kappa shape index (κ3) is 4.65. The molecule has 0 amide bonds. The predicted molar refractivity (Wildman–Crippen MR) is 291 cm³/mol. The largest absolute Gasteiger partial charge is 0.0616 e. The molecule has 0 N–H and O–H groups in total. The number of hydrogen-bond donors (Lipinski definition) is 0. The zero-order valence-corrected chi connectivity index (χ0v) is 39.9. The fraction of sp³-hybridized carbons (Fsp3) is 0.212. The van der Waals surface area contributed by atoms with Crippen LogP contribution in [0.1, 0.15) is 103 Å². The molecule has 0 unspecified atom stereocenters. The molecule has 13 aromatic carbocycles. The van der Waals surface area contributed by atoms with Gasteiger partial charge in [-0.15, -0.1) is 0 Å². The fourth-order valence-corrected chi connectivity index (χ4v) is 13.4. The summed E-state index contributed by atoms with van der Waals surface area (Å²) in [6.07, 6.45) is 0. The molecule has 0 saturated carbocycles. The number of fused-ring (bicyclic) bond motifs is 13. The van der Waals surface area contributed by atoms with Gasteiger partial charge in [0.2, 0.25) is 0 Å². The Morgan fingerprint density at radius 3 is 1.24 bits per heavy atom. The first-order chi connectivity index (χ1) is 31.7. The van der Waals surface area contributed by atoms with E-state index in [4.69, 9.17) is 0 Å². The van der Waals surface area contributed by atoms with Crippen molar-refractivity contribution in [2.24, 2.45) is 0 Å². The van der Waals surface area contributed by atoms with Crippen LogP contribution in [0.4, 0.5) is 0 Å². The third-order valence-electron chi connectivity index (χ3n) is 16.2. The highest BCUT2D eigenvalue weighted by molar-refractivity contribution is 6.51. The van der Waals surface area contributed by atoms with Crippen LogP contribution in [0.15, 0.2) is 133 Å². The molecule has 0 spiro atoms. The molecule has 0 bridgehead atoms. The lowest BCUT2D eigenvalue weighted by atomic mass is 9.80. The molecule has 0 radical (unpaired) electrons. The van der Waals surface area contributed by atoms with E-state index in [1.54, 1.807) is 0 Å². The molecule has 66 heavy (non-hydrogen) atoms. The number of rotatable bonds is 3. The van der Waals surface area contributed by atoms with E-state index in [1.807, 2.05) is 0 Å². The van der Waals surface area contributed by atoms with Crippen molar-refractivity contribution in [3.8, 4) is 33.4 Å². The normalized spacial score (nSPS) is 13.6. The fourth-order valence-electron chi connectivity index (χ4n) is 13.4. The van der Waals surface area contributed by atoms with Crippen LogP contribution < -0.4 is 0 Å². The van der Waals surface area contributed by atoms with Gasteiger partial charge in [-0.2, -0.15) is 0 Å². The van der Waals surface area contributed by atoms with Crippen molar-refractivity contribution in [1.29, 1.82) is 0 Å². The van der Waals surface area contributed by atoms with Gasteiger partial charge < -0.3 is 0 Å². The Balaban J connectivity index is 1.15. The van der Waals surface area contributed by atoms with E-state index in [2.05, 4.69) is 203 Å². The summed E-state index contributed by atoms with van der Waals surface area (Å²) in [5, 5.41) is 27.6. The second-order valence-electron chi connectivity index (χ2n) is 22.6. The zero-order chi connectivity index (χ0) is 45.0. The van der Waals surface area contributed by atoms with Gasteiger partial charge in [0.15, 0.2) is 0 Å². The molecule has 0 atom stereocenters. The van der Waals surface area contributed by atoms with Gasteiger partial charge in [0.1, 0.15) is 0 Å². The van der Waals surface area contributed by atoms with Gasteiger partial charge in [-0.3, -0.25) is 0 Å². The van der Waals surface area contributed by atoms with Crippen molar-refractivity contribution in [1.82, 2.24) is 0 Å². The molecule has 318 valence electrons. The van der Waals surface area contributed by atoms with Gasteiger partial charge in [-0.25, -0.2) is 0 Å². The van der Waals surface area contributed by atoms with E-state index in [1.165, 1.54) is 163 Å². The molecule has 0 aliphatic heterocycles. The van der Waals surface area contributed by atoms with Crippen LogP contribution in [-0.2, 0) is 10.8 Å². The van der Waals surface area contributed by atoms with E-state index in [0.717, 1.165) is 0 Å². The van der Waals surface area contributed by atoms with Crippen molar-refractivity contribution in [2.75, 3.05) is 0 Å². The molecule has 1 aliphatic carbocycles. The molecule has 0 heteroatoms. The SMILES string of the molecule is CC(C)c1c2c(c(C(C)C)c3ccccc13)-c1ccc3c4ccc5c6c(ccc(c7ccc-2c1c73)c46)c1c(-c2ccc(C(C)(C)C)cc2)c2cccc3c4cc(C(C)(C)C)ccc4c(c23)c51. The quantitative estimate of drug-likeness (QED) is 0.123. The Bertz CT molecular complexity index is 4140. The van der Waals surface area contributed by atoms with Crippen molar-refractivity contribution < 1.29 is 0 Å². The molecule has 0 nitrogen and oxygen atoms in total. The Hall–Kier alpha value is -6.76. The van der Waals surface area contributed by atoms with Crippen molar-refractivity contribution in [3.63, 3.8) is 0 Å². The van der Waals surface area contributed by atoms with E-state index in [-0.39, 0.29) is 10.8 Å². The zero-order valence-electron chi connectivity index (χ0n) is 39.9. The third-order valence-corrected chi connectivity index (χ3v) is 16.2. The Kier molecular flexibility index (Phi) is 7.33. The van der Waals surface area contributed by atoms with Crippen LogP contribution in [0.3, 0.4) is 0 Å². The van der Waals surface area contributed by atoms with Crippen LogP contribution >= 0.6 is 0 Å². The summed E-state index contributed by atoms with van der Waals surface area (Å²) in [6.45, 7) is 23.5. The smallest absolute Gasteiger partial charge is 0.000696 e. The summed E-state index contributed by atoms with van der Waals surface area (Å²) >= 11 is 0. The number of benzene rings is 11. The van der Waals surface area contributed by atoms with E-state index in [9.17, 15) is 0 Å². The van der Waals surface area contributed by atoms with Gasteiger partial charge in [0, 0.05) is 0 Å². The Morgan fingerprint density at radius 1 is 0.288 bits per heavy atom. The lowest BCUT2D eigenvalue weighted by molar-refractivity contribution is 0.590. The van der Waals surface area contributed by atoms with Crippen molar-refractivity contribution in [2.45, 2.75) is 91.9 Å². The van der Waals surface area contributed by atoms with Gasteiger partial charge >= 0.3 is 0 Å². The minimum atomic E-state index is 0.0481. The van der Waals surface area contributed by atoms with Gasteiger partial charge in [0.05, 0.1) is 0 Å². The van der Waals surface area contributed by atoms with Crippen LogP contribution in [0.2, 0.25) is 0 Å². The summed E-state index contributed by atoms with van der Waals surface area (Å²) < 4.78 is 0. The molecule has 1 aliphatic rings. The van der Waals surface area contributed by atoms with E-state index < -0.39 is 0 Å². The summed E-state index contributed by atoms with van der Waals surface area (Å²) in [7, 11) is 0. The monoisotopic (exact) mass is 846 g/mol. The maximum atomic E-state index is 2.50. The lowest BCUT2D eigenvalue weighted by Crippen LogP contribution is -2.10. The first-order valence-electron chi connectivity index (χ1n) is 24.4. The lowest BCUT2D eigenvalue weighted by Gasteiger charge is -2.23. The van der Waals surface area contributed by atoms with Crippen LogP contribution in [0, 0.1) is 0 Å². The second kappa shape index (κ2) is 12.6. The molecule has 0 saturated heterocycles. The maximum Gasteiger partial charge on any atom is -0.000696 e. The second-order valence-corrected chi connectivity index (χ2v) is 22.6. The highest BCUT2D eigenvalue weighted by atomic mass is 14.4. The first kappa shape index (κ1) is 38.5. The molecule has 13 aromatic rings. The van der Waals surface area contributed by atoms with Crippen molar-refractivity contribution >= 4 is 108 Å². The van der Waals surface area contributed by atoms with Crippen LogP contribution in [0.5, 0.6) is 0 Å². The molecule has 0 aromatic heterocycles. The molecular formula is C66H54. The molecule has 14 rings (SSSR count). The Morgan fingerprint density at radius 2 is 0.682 bits per heavy atom. The summed E-state index contributed by atoms with van der Waals surface area (Å²) in [4.78, 5) is 0. The standard InChI is InChI=1S/C66H54/c1-33(2)52-38-14-11-12-15-39(38)53(34(3)4)62-48-29-25-42-44-27-31-50-59-49(30-26-43(56(44)59)41-24-28-47(61(52)62)58(48)55(41)42)63-54(35-18-20-36(21-19-35)65(5,6)7)46-17-13-16-40-51-32-37(66(8,9)10)22-23-45(51)60(57(40)46)64(50)63/h11-34H,1-10H3. The minimum Gasteiger partial charge on any atom is -0.0616 e. The van der Waals surface area contributed by atoms with Gasteiger partial charge in [-0.05, 0) is 192 Å². The molecule has 0 heterocycles. The average Bonchev–Trinajstić information content (AvgIpc) is 3.93. The molecular weight excluding hydrogens is 793 g/mol. The van der Waals surface area contributed by atoms with E-state index in [0.29, 0.717) is 11.8 Å². The van der Waals surface area contributed by atoms with Gasteiger partial charge in [-0.1, -0.05) is 197 Å². The Labute approximate surface area is 386 Å². The average molecular weight is 847 g/mol. The van der Waals surface area contributed by atoms with Gasteiger partial charge in [0.25, 0.3) is 0 Å². The first-order valence-corrected chi connectivity index (χ1v) is 24.4. The topological polar surface area (TPSA) is 0 Å². The summed E-state index contributed by atoms with van der Waals surface area (Å²) in [5.74, 6) is 0.775. The summed E-state index contributed by atoms with van der Waals surface area (Å²) in [6, 6.07) is 53.1. The number of hydrogen-bond acceptors (Lipinski definition) is 0. The minimum absolute atomic E-state index is 0.0481. The van der Waals surface area contributed by atoms with Crippen LogP contribution in [-0.4, -0.2) is 0 Å².